The number of aromatic nitrogens is 5. The number of thiazole rings is 1. The molecule has 2 aromatic heterocycles. The van der Waals surface area contributed by atoms with Gasteiger partial charge in [-0.05, 0) is 42.5 Å². The van der Waals surface area contributed by atoms with Crippen LogP contribution in [0, 0.1) is 6.92 Å². The summed E-state index contributed by atoms with van der Waals surface area (Å²) in [5, 5.41) is 16.6. The van der Waals surface area contributed by atoms with Crippen molar-refractivity contribution in [2.24, 2.45) is 0 Å². The monoisotopic (exact) mass is 344 g/mol. The van der Waals surface area contributed by atoms with E-state index in [4.69, 9.17) is 4.74 Å². The largest absolute Gasteiger partial charge is 0.486 e. The van der Waals surface area contributed by atoms with Gasteiger partial charge in [0, 0.05) is 17.5 Å². The average molecular weight is 344 g/mol. The third-order valence-corrected chi connectivity index (χ3v) is 4.08. The number of hydrogen-bond donors (Lipinski definition) is 1. The second-order valence-electron chi connectivity index (χ2n) is 4.98. The van der Waals surface area contributed by atoms with Gasteiger partial charge in [-0.3, -0.25) is 10.1 Å². The van der Waals surface area contributed by atoms with E-state index in [1.807, 2.05) is 19.2 Å². The summed E-state index contributed by atoms with van der Waals surface area (Å²) in [6.45, 7) is 4.73. The van der Waals surface area contributed by atoms with Gasteiger partial charge in [-0.25, -0.2) is 9.67 Å². The number of anilines is 1. The highest BCUT2D eigenvalue weighted by molar-refractivity contribution is 7.13. The van der Waals surface area contributed by atoms with Gasteiger partial charge < -0.3 is 4.74 Å². The van der Waals surface area contributed by atoms with Crippen molar-refractivity contribution in [3.63, 3.8) is 0 Å². The van der Waals surface area contributed by atoms with Crippen LogP contribution < -0.4 is 10.1 Å². The van der Waals surface area contributed by atoms with Gasteiger partial charge in [-0.15, -0.1) is 16.4 Å². The number of aryl methyl sites for hydroxylation is 2. The van der Waals surface area contributed by atoms with Gasteiger partial charge in [-0.1, -0.05) is 6.07 Å². The fourth-order valence-electron chi connectivity index (χ4n) is 2.03. The van der Waals surface area contributed by atoms with Crippen LogP contribution >= 0.6 is 11.3 Å². The number of rotatable bonds is 6. The van der Waals surface area contributed by atoms with Crippen LogP contribution in [-0.4, -0.2) is 31.1 Å². The summed E-state index contributed by atoms with van der Waals surface area (Å²) in [5.74, 6) is 0.974. The van der Waals surface area contributed by atoms with E-state index < -0.39 is 0 Å². The molecular formula is C15H16N6O2S. The van der Waals surface area contributed by atoms with Crippen molar-refractivity contribution in [1.82, 2.24) is 25.2 Å². The summed E-state index contributed by atoms with van der Waals surface area (Å²) >= 11 is 1.39. The van der Waals surface area contributed by atoms with Crippen LogP contribution in [0.5, 0.6) is 5.75 Å². The van der Waals surface area contributed by atoms with Gasteiger partial charge in [-0.2, -0.15) is 0 Å². The van der Waals surface area contributed by atoms with Crippen molar-refractivity contribution in [2.75, 3.05) is 5.32 Å². The number of tetrazole rings is 1. The summed E-state index contributed by atoms with van der Waals surface area (Å²) in [7, 11) is 0. The van der Waals surface area contributed by atoms with Gasteiger partial charge in [0.25, 0.3) is 5.91 Å². The van der Waals surface area contributed by atoms with E-state index in [1.165, 1.54) is 11.3 Å². The van der Waals surface area contributed by atoms with Gasteiger partial charge in [0.2, 0.25) is 0 Å². The second kappa shape index (κ2) is 7.18. The molecular weight excluding hydrogens is 328 g/mol. The van der Waals surface area contributed by atoms with E-state index in [1.54, 1.807) is 28.9 Å². The number of carbonyl (C=O) groups is 1. The Hall–Kier alpha value is -2.81. The minimum Gasteiger partial charge on any atom is -0.486 e. The van der Waals surface area contributed by atoms with Gasteiger partial charge in [0.15, 0.2) is 11.0 Å². The molecule has 0 fully saturated rings. The zero-order valence-corrected chi connectivity index (χ0v) is 14.1. The molecule has 0 saturated carbocycles. The number of ether oxygens (including phenoxy) is 1. The first-order valence-electron chi connectivity index (χ1n) is 7.37. The number of nitrogens with one attached hydrogen (secondary N) is 1. The predicted molar refractivity (Wildman–Crippen MR) is 89.1 cm³/mol. The number of nitrogens with zero attached hydrogens (tertiary/aromatic N) is 5. The van der Waals surface area contributed by atoms with Gasteiger partial charge >= 0.3 is 0 Å². The molecule has 0 aliphatic heterocycles. The number of amides is 1. The lowest BCUT2D eigenvalue weighted by molar-refractivity contribution is 0.102. The molecule has 0 atom stereocenters. The second-order valence-corrected chi connectivity index (χ2v) is 5.83. The fraction of sp³-hybridized carbons (Fsp3) is 0.267. The Bertz CT molecular complexity index is 844. The standard InChI is InChI=1S/C15H16N6O2S/c1-3-21-13(18-19-20-21)8-23-12-6-4-5-11(7-12)14(22)17-15-16-10(2)9-24-15/h4-7,9H,3,8H2,1-2H3,(H,16,17,22). The molecule has 9 heteroatoms. The highest BCUT2D eigenvalue weighted by Crippen LogP contribution is 2.18. The molecule has 0 aliphatic rings. The Morgan fingerprint density at radius 3 is 3.04 bits per heavy atom. The van der Waals surface area contributed by atoms with Crippen molar-refractivity contribution in [2.45, 2.75) is 27.0 Å². The Balaban J connectivity index is 1.66. The third kappa shape index (κ3) is 3.74. The van der Waals surface area contributed by atoms with Gasteiger partial charge in [0.1, 0.15) is 12.4 Å². The Morgan fingerprint density at radius 1 is 1.42 bits per heavy atom. The fourth-order valence-corrected chi connectivity index (χ4v) is 2.71. The minimum atomic E-state index is -0.229. The van der Waals surface area contributed by atoms with Crippen LogP contribution in [0.1, 0.15) is 28.8 Å². The highest BCUT2D eigenvalue weighted by atomic mass is 32.1. The smallest absolute Gasteiger partial charge is 0.257 e. The van der Waals surface area contributed by atoms with Crippen molar-refractivity contribution >= 4 is 22.4 Å². The lowest BCUT2D eigenvalue weighted by Gasteiger charge is -2.07. The Labute approximate surface area is 142 Å². The molecule has 124 valence electrons. The van der Waals surface area contributed by atoms with Crippen LogP contribution in [0.2, 0.25) is 0 Å². The van der Waals surface area contributed by atoms with Gasteiger partial charge in [0.05, 0.1) is 5.69 Å². The van der Waals surface area contributed by atoms with Crippen LogP contribution in [0.15, 0.2) is 29.6 Å². The van der Waals surface area contributed by atoms with Crippen LogP contribution in [0.25, 0.3) is 0 Å². The Morgan fingerprint density at radius 2 is 2.29 bits per heavy atom. The first kappa shape index (κ1) is 16.1. The zero-order valence-electron chi connectivity index (χ0n) is 13.3. The Kier molecular flexibility index (Phi) is 4.80. The van der Waals surface area contributed by atoms with E-state index in [0.717, 1.165) is 5.69 Å². The minimum absolute atomic E-state index is 0.229. The molecule has 2 heterocycles. The average Bonchev–Trinajstić information content (AvgIpc) is 3.21. The van der Waals surface area contributed by atoms with E-state index >= 15 is 0 Å². The summed E-state index contributed by atoms with van der Waals surface area (Å²) in [6.07, 6.45) is 0. The molecule has 0 aliphatic carbocycles. The van der Waals surface area contributed by atoms with E-state index in [2.05, 4.69) is 25.8 Å². The first-order valence-corrected chi connectivity index (χ1v) is 8.25. The molecule has 0 spiro atoms. The van der Waals surface area contributed by atoms with E-state index in [-0.39, 0.29) is 12.5 Å². The topological polar surface area (TPSA) is 94.8 Å². The molecule has 8 nitrogen and oxygen atoms in total. The molecule has 0 bridgehead atoms. The number of hydrogen-bond acceptors (Lipinski definition) is 7. The van der Waals surface area contributed by atoms with Crippen molar-refractivity contribution in [3.8, 4) is 5.75 Å². The van der Waals surface area contributed by atoms with E-state index in [9.17, 15) is 4.79 Å². The molecule has 0 saturated heterocycles. The maximum Gasteiger partial charge on any atom is 0.257 e. The van der Waals surface area contributed by atoms with E-state index in [0.29, 0.717) is 28.8 Å². The first-order chi connectivity index (χ1) is 11.7. The summed E-state index contributed by atoms with van der Waals surface area (Å²) in [5.41, 5.74) is 1.37. The zero-order chi connectivity index (χ0) is 16.9. The lowest BCUT2D eigenvalue weighted by Crippen LogP contribution is -2.12. The summed E-state index contributed by atoms with van der Waals surface area (Å²) in [4.78, 5) is 16.5. The molecule has 24 heavy (non-hydrogen) atoms. The molecule has 1 aromatic carbocycles. The number of benzene rings is 1. The molecule has 1 N–H and O–H groups in total. The van der Waals surface area contributed by atoms with Crippen LogP contribution in [0.4, 0.5) is 5.13 Å². The van der Waals surface area contributed by atoms with Crippen LogP contribution in [-0.2, 0) is 13.2 Å². The van der Waals surface area contributed by atoms with Crippen LogP contribution in [0.3, 0.4) is 0 Å². The normalized spacial score (nSPS) is 10.6. The quantitative estimate of drug-likeness (QED) is 0.737. The maximum absolute atomic E-state index is 12.3. The number of carbonyl (C=O) groups excluding carboxylic acids is 1. The third-order valence-electron chi connectivity index (χ3n) is 3.21. The lowest BCUT2D eigenvalue weighted by atomic mass is 10.2. The predicted octanol–water partition coefficient (Wildman–Crippen LogP) is 2.29. The summed E-state index contributed by atoms with van der Waals surface area (Å²) < 4.78 is 7.34. The highest BCUT2D eigenvalue weighted by Gasteiger charge is 2.10. The molecule has 3 rings (SSSR count). The van der Waals surface area contributed by atoms with Crippen molar-refractivity contribution in [3.05, 3.63) is 46.7 Å². The van der Waals surface area contributed by atoms with Crippen molar-refractivity contribution in [1.29, 1.82) is 0 Å². The van der Waals surface area contributed by atoms with Crippen molar-refractivity contribution < 1.29 is 9.53 Å². The molecule has 0 radical (unpaired) electrons. The summed E-state index contributed by atoms with van der Waals surface area (Å²) in [6, 6.07) is 6.94. The molecule has 3 aromatic rings. The molecule has 1 amide bonds. The maximum atomic E-state index is 12.3. The SMILES string of the molecule is CCn1nnnc1COc1cccc(C(=O)Nc2nc(C)cs2)c1. The molecule has 0 unspecified atom stereocenters.